The molecule has 132 valence electrons. The van der Waals surface area contributed by atoms with Crippen molar-refractivity contribution in [1.29, 1.82) is 0 Å². The lowest BCUT2D eigenvalue weighted by molar-refractivity contribution is -0.137. The third kappa shape index (κ3) is 3.93. The third-order valence-corrected chi connectivity index (χ3v) is 4.58. The number of aliphatic carboxylic acids is 1. The van der Waals surface area contributed by atoms with Crippen molar-refractivity contribution >= 4 is 23.5 Å². The summed E-state index contributed by atoms with van der Waals surface area (Å²) < 4.78 is 1.39. The van der Waals surface area contributed by atoms with Crippen molar-refractivity contribution in [2.24, 2.45) is 0 Å². The van der Waals surface area contributed by atoms with Crippen LogP contribution >= 0.6 is 11.6 Å². The molecule has 0 bridgehead atoms. The van der Waals surface area contributed by atoms with Gasteiger partial charge in [-0.3, -0.25) is 14.3 Å². The molecule has 2 N–H and O–H groups in total. The minimum atomic E-state index is -0.945. The van der Waals surface area contributed by atoms with Gasteiger partial charge in [0.05, 0.1) is 10.7 Å². The maximum absolute atomic E-state index is 12.7. The number of halogens is 1. The molecule has 1 aromatic heterocycles. The average Bonchev–Trinajstić information content (AvgIpc) is 3.04. The number of hydrogen-bond acceptors (Lipinski definition) is 4. The van der Waals surface area contributed by atoms with Crippen LogP contribution in [0.15, 0.2) is 30.5 Å². The van der Waals surface area contributed by atoms with Gasteiger partial charge in [-0.05, 0) is 37.1 Å². The van der Waals surface area contributed by atoms with Gasteiger partial charge in [0.2, 0.25) is 0 Å². The Morgan fingerprint density at radius 1 is 1.32 bits per heavy atom. The lowest BCUT2D eigenvalue weighted by atomic mass is 9.94. The van der Waals surface area contributed by atoms with Gasteiger partial charge in [-0.1, -0.05) is 11.6 Å². The molecule has 2 heterocycles. The van der Waals surface area contributed by atoms with Crippen LogP contribution in [0.25, 0.3) is 0 Å². The Morgan fingerprint density at radius 3 is 2.84 bits per heavy atom. The molecule has 25 heavy (non-hydrogen) atoms. The number of phenols is 1. The number of hydrogen-bond donors (Lipinski definition) is 2. The Bertz CT molecular complexity index is 805. The molecule has 7 nitrogen and oxygen atoms in total. The van der Waals surface area contributed by atoms with Crippen LogP contribution < -0.4 is 0 Å². The Labute approximate surface area is 149 Å². The molecular formula is C17H18ClN3O4. The number of aromatic nitrogens is 2. The number of carboxylic acids is 1. The van der Waals surface area contributed by atoms with E-state index in [1.54, 1.807) is 23.2 Å². The van der Waals surface area contributed by atoms with Crippen LogP contribution in [0.4, 0.5) is 0 Å². The lowest BCUT2D eigenvalue weighted by Gasteiger charge is -2.32. The van der Waals surface area contributed by atoms with Crippen LogP contribution in [0.2, 0.25) is 5.02 Å². The third-order valence-electron chi connectivity index (χ3n) is 4.28. The van der Waals surface area contributed by atoms with E-state index >= 15 is 0 Å². The highest BCUT2D eigenvalue weighted by Gasteiger charge is 2.27. The van der Waals surface area contributed by atoms with Gasteiger partial charge >= 0.3 is 5.97 Å². The summed E-state index contributed by atoms with van der Waals surface area (Å²) in [6.45, 7) is 0.979. The molecule has 1 saturated heterocycles. The highest BCUT2D eigenvalue weighted by atomic mass is 35.5. The van der Waals surface area contributed by atoms with Gasteiger partial charge < -0.3 is 15.1 Å². The minimum absolute atomic E-state index is 0.0568. The number of phenolic OH excluding ortho intramolecular Hbond substituents is 1. The van der Waals surface area contributed by atoms with Gasteiger partial charge in [-0.2, -0.15) is 5.10 Å². The smallest absolute Gasteiger partial charge is 0.325 e. The van der Waals surface area contributed by atoms with E-state index < -0.39 is 5.97 Å². The second kappa shape index (κ2) is 7.14. The maximum Gasteiger partial charge on any atom is 0.325 e. The molecule has 0 spiro atoms. The van der Waals surface area contributed by atoms with Crippen LogP contribution in [-0.4, -0.2) is 49.9 Å². The highest BCUT2D eigenvalue weighted by Crippen LogP contribution is 2.28. The SMILES string of the molecule is O=C(O)Cn1ccc([C@@H]2CCCN(C(=O)c3ccc(O)c(Cl)c3)C2)n1. The van der Waals surface area contributed by atoms with E-state index in [1.807, 2.05) is 0 Å². The summed E-state index contributed by atoms with van der Waals surface area (Å²) in [5.41, 5.74) is 1.22. The Balaban J connectivity index is 1.72. The molecule has 0 saturated carbocycles. The zero-order chi connectivity index (χ0) is 18.0. The maximum atomic E-state index is 12.7. The van der Waals surface area contributed by atoms with Gasteiger partial charge in [0.25, 0.3) is 5.91 Å². The summed E-state index contributed by atoms with van der Waals surface area (Å²) in [4.78, 5) is 25.2. The number of carbonyl (C=O) groups excluding carboxylic acids is 1. The topological polar surface area (TPSA) is 95.7 Å². The summed E-state index contributed by atoms with van der Waals surface area (Å²) >= 11 is 5.88. The Kier molecular flexibility index (Phi) is 4.94. The standard InChI is InChI=1S/C17H18ClN3O4/c18-13-8-11(3-4-15(13)22)17(25)20-6-1-2-12(9-20)14-5-7-21(19-14)10-16(23)24/h3-5,7-8,12,22H,1-2,6,9-10H2,(H,23,24)/t12-/m1/s1. The van der Waals surface area contributed by atoms with Gasteiger partial charge in [0, 0.05) is 30.8 Å². The zero-order valence-corrected chi connectivity index (χ0v) is 14.2. The normalized spacial score (nSPS) is 17.5. The molecule has 1 aromatic carbocycles. The van der Waals surface area contributed by atoms with Crippen molar-refractivity contribution in [2.45, 2.75) is 25.3 Å². The molecule has 3 rings (SSSR count). The first-order valence-electron chi connectivity index (χ1n) is 7.97. The Hall–Kier alpha value is -2.54. The lowest BCUT2D eigenvalue weighted by Crippen LogP contribution is -2.39. The van der Waals surface area contributed by atoms with E-state index in [-0.39, 0.29) is 29.1 Å². The average molecular weight is 364 g/mol. The first kappa shape index (κ1) is 17.3. The van der Waals surface area contributed by atoms with Gasteiger partial charge in [0.1, 0.15) is 12.3 Å². The van der Waals surface area contributed by atoms with E-state index in [4.69, 9.17) is 16.7 Å². The number of carboxylic acid groups (broad SMARTS) is 1. The number of piperidine rings is 1. The number of aromatic hydroxyl groups is 1. The van der Waals surface area contributed by atoms with Crippen molar-refractivity contribution < 1.29 is 19.8 Å². The Morgan fingerprint density at radius 2 is 2.12 bits per heavy atom. The minimum Gasteiger partial charge on any atom is -0.506 e. The largest absolute Gasteiger partial charge is 0.506 e. The van der Waals surface area contributed by atoms with Crippen LogP contribution in [-0.2, 0) is 11.3 Å². The molecule has 2 aromatic rings. The molecule has 0 aliphatic carbocycles. The summed E-state index contributed by atoms with van der Waals surface area (Å²) in [5.74, 6) is -1.07. The fraction of sp³-hybridized carbons (Fsp3) is 0.353. The number of carbonyl (C=O) groups is 2. The van der Waals surface area contributed by atoms with Crippen LogP contribution in [0.5, 0.6) is 5.75 Å². The summed E-state index contributed by atoms with van der Waals surface area (Å²) in [5, 5.41) is 22.8. The second-order valence-electron chi connectivity index (χ2n) is 6.09. The molecule has 0 unspecified atom stereocenters. The number of amides is 1. The molecule has 1 aliphatic rings. The number of nitrogens with zero attached hydrogens (tertiary/aromatic N) is 3. The van der Waals surface area contributed by atoms with Gasteiger partial charge in [-0.25, -0.2) is 0 Å². The van der Waals surface area contributed by atoms with Gasteiger partial charge in [0.15, 0.2) is 0 Å². The predicted octanol–water partition coefficient (Wildman–Crippen LogP) is 2.35. The predicted molar refractivity (Wildman–Crippen MR) is 90.9 cm³/mol. The molecule has 1 fully saturated rings. The van der Waals surface area contributed by atoms with E-state index in [1.165, 1.54) is 16.8 Å². The first-order chi connectivity index (χ1) is 11.9. The molecule has 0 radical (unpaired) electrons. The monoisotopic (exact) mass is 363 g/mol. The van der Waals surface area contributed by atoms with Crippen LogP contribution in [0, 0.1) is 0 Å². The summed E-state index contributed by atoms with van der Waals surface area (Å²) in [7, 11) is 0. The number of rotatable bonds is 4. The van der Waals surface area contributed by atoms with Crippen molar-refractivity contribution in [3.8, 4) is 5.75 Å². The fourth-order valence-electron chi connectivity index (χ4n) is 3.05. The van der Waals surface area contributed by atoms with Crippen molar-refractivity contribution in [1.82, 2.24) is 14.7 Å². The second-order valence-corrected chi connectivity index (χ2v) is 6.50. The van der Waals surface area contributed by atoms with E-state index in [0.717, 1.165) is 18.5 Å². The summed E-state index contributed by atoms with van der Waals surface area (Å²) in [6, 6.07) is 6.22. The number of benzene rings is 1. The molecule has 1 amide bonds. The fourth-order valence-corrected chi connectivity index (χ4v) is 3.23. The van der Waals surface area contributed by atoms with E-state index in [2.05, 4.69) is 5.10 Å². The first-order valence-corrected chi connectivity index (χ1v) is 8.35. The van der Waals surface area contributed by atoms with Crippen molar-refractivity contribution in [3.63, 3.8) is 0 Å². The molecule has 1 aliphatic heterocycles. The zero-order valence-electron chi connectivity index (χ0n) is 13.4. The van der Waals surface area contributed by atoms with E-state index in [9.17, 15) is 14.7 Å². The summed E-state index contributed by atoms with van der Waals surface area (Å²) in [6.07, 6.45) is 3.38. The number of likely N-dealkylation sites (tertiary alicyclic amines) is 1. The van der Waals surface area contributed by atoms with Crippen LogP contribution in [0.1, 0.15) is 34.8 Å². The highest BCUT2D eigenvalue weighted by molar-refractivity contribution is 6.32. The van der Waals surface area contributed by atoms with Crippen molar-refractivity contribution in [2.75, 3.05) is 13.1 Å². The van der Waals surface area contributed by atoms with Crippen molar-refractivity contribution in [3.05, 3.63) is 46.7 Å². The molecule has 1 atom stereocenters. The van der Waals surface area contributed by atoms with Gasteiger partial charge in [-0.15, -0.1) is 0 Å². The molecule has 8 heteroatoms. The van der Waals surface area contributed by atoms with E-state index in [0.29, 0.717) is 18.7 Å². The van der Waals surface area contributed by atoms with Crippen LogP contribution in [0.3, 0.4) is 0 Å². The quantitative estimate of drug-likeness (QED) is 0.869. The molecular weight excluding hydrogens is 346 g/mol.